The van der Waals surface area contributed by atoms with E-state index in [0.29, 0.717) is 6.29 Å². The fourth-order valence-corrected chi connectivity index (χ4v) is 1.35. The smallest absolute Gasteiger partial charge is 0.387 e. The van der Waals surface area contributed by atoms with Crippen molar-refractivity contribution in [3.63, 3.8) is 0 Å². The standard InChI is InChI=1S/C12H9F2NO4/c1-2-18-11(17)9-3-8(6-16)7(5-15)4-10(9)19-12(13)14/h3-4,6,12H,2H2,1H3. The van der Waals surface area contributed by atoms with Crippen LogP contribution in [-0.4, -0.2) is 25.5 Å². The van der Waals surface area contributed by atoms with Gasteiger partial charge >= 0.3 is 12.6 Å². The second-order valence-electron chi connectivity index (χ2n) is 3.26. The summed E-state index contributed by atoms with van der Waals surface area (Å²) in [6.07, 6.45) is 0.341. The van der Waals surface area contributed by atoms with Crippen LogP contribution in [0.5, 0.6) is 5.75 Å². The maximum Gasteiger partial charge on any atom is 0.387 e. The van der Waals surface area contributed by atoms with Gasteiger partial charge in [-0.1, -0.05) is 0 Å². The third-order valence-electron chi connectivity index (χ3n) is 2.11. The van der Waals surface area contributed by atoms with Crippen molar-refractivity contribution >= 4 is 12.3 Å². The van der Waals surface area contributed by atoms with Gasteiger partial charge in [0.2, 0.25) is 0 Å². The number of hydrogen-bond acceptors (Lipinski definition) is 5. The van der Waals surface area contributed by atoms with Crippen molar-refractivity contribution in [2.45, 2.75) is 13.5 Å². The molecular weight excluding hydrogens is 260 g/mol. The van der Waals surface area contributed by atoms with Crippen LogP contribution in [0.4, 0.5) is 8.78 Å². The number of hydrogen-bond donors (Lipinski definition) is 0. The van der Waals surface area contributed by atoms with Gasteiger partial charge in [0.15, 0.2) is 6.29 Å². The van der Waals surface area contributed by atoms with Crippen molar-refractivity contribution in [1.29, 1.82) is 5.26 Å². The Morgan fingerprint density at radius 1 is 1.53 bits per heavy atom. The van der Waals surface area contributed by atoms with Crippen LogP contribution in [0.2, 0.25) is 0 Å². The number of carbonyl (C=O) groups is 2. The summed E-state index contributed by atoms with van der Waals surface area (Å²) in [6, 6.07) is 3.54. The van der Waals surface area contributed by atoms with Crippen LogP contribution >= 0.6 is 0 Å². The lowest BCUT2D eigenvalue weighted by atomic mass is 10.0. The molecule has 0 saturated carbocycles. The normalized spacial score (nSPS) is 9.84. The highest BCUT2D eigenvalue weighted by Gasteiger charge is 2.20. The summed E-state index contributed by atoms with van der Waals surface area (Å²) in [6.45, 7) is -1.60. The lowest BCUT2D eigenvalue weighted by Crippen LogP contribution is -2.12. The first-order valence-electron chi connectivity index (χ1n) is 5.18. The van der Waals surface area contributed by atoms with Crippen LogP contribution in [0, 0.1) is 11.3 Å². The van der Waals surface area contributed by atoms with E-state index in [0.717, 1.165) is 12.1 Å². The highest BCUT2D eigenvalue weighted by atomic mass is 19.3. The molecule has 1 aromatic rings. The zero-order chi connectivity index (χ0) is 14.4. The highest BCUT2D eigenvalue weighted by molar-refractivity contribution is 5.95. The number of aldehydes is 1. The average molecular weight is 269 g/mol. The molecule has 5 nitrogen and oxygen atoms in total. The molecule has 7 heteroatoms. The van der Waals surface area contributed by atoms with E-state index in [2.05, 4.69) is 9.47 Å². The molecule has 0 amide bonds. The Hall–Kier alpha value is -2.49. The number of esters is 1. The van der Waals surface area contributed by atoms with Gasteiger partial charge in [-0.2, -0.15) is 14.0 Å². The van der Waals surface area contributed by atoms with Gasteiger partial charge in [0, 0.05) is 5.56 Å². The molecule has 19 heavy (non-hydrogen) atoms. The minimum Gasteiger partial charge on any atom is -0.462 e. The maximum atomic E-state index is 12.2. The van der Waals surface area contributed by atoms with E-state index in [1.165, 1.54) is 6.92 Å². The molecule has 0 spiro atoms. The van der Waals surface area contributed by atoms with E-state index >= 15 is 0 Å². The van der Waals surface area contributed by atoms with E-state index in [-0.39, 0.29) is 23.3 Å². The first-order valence-corrected chi connectivity index (χ1v) is 5.18. The van der Waals surface area contributed by atoms with Gasteiger partial charge in [0.05, 0.1) is 12.2 Å². The predicted octanol–water partition coefficient (Wildman–Crippen LogP) is 2.15. The minimum atomic E-state index is -3.16. The Balaban J connectivity index is 3.36. The van der Waals surface area contributed by atoms with Crippen LogP contribution in [0.3, 0.4) is 0 Å². The number of carbonyl (C=O) groups excluding carboxylic acids is 2. The molecule has 0 N–H and O–H groups in total. The second-order valence-corrected chi connectivity index (χ2v) is 3.26. The zero-order valence-corrected chi connectivity index (χ0v) is 9.85. The second kappa shape index (κ2) is 6.44. The average Bonchev–Trinajstić information content (AvgIpc) is 2.37. The van der Waals surface area contributed by atoms with Crippen LogP contribution in [0.25, 0.3) is 0 Å². The Morgan fingerprint density at radius 2 is 2.21 bits per heavy atom. The molecule has 0 atom stereocenters. The predicted molar refractivity (Wildman–Crippen MR) is 59.1 cm³/mol. The number of ether oxygens (including phenoxy) is 2. The lowest BCUT2D eigenvalue weighted by Gasteiger charge is -2.11. The fourth-order valence-electron chi connectivity index (χ4n) is 1.35. The van der Waals surface area contributed by atoms with E-state index in [4.69, 9.17) is 5.26 Å². The molecule has 0 aromatic heterocycles. The molecular formula is C12H9F2NO4. The van der Waals surface area contributed by atoms with Crippen molar-refractivity contribution in [1.82, 2.24) is 0 Å². The first-order chi connectivity index (χ1) is 9.03. The van der Waals surface area contributed by atoms with Crippen molar-refractivity contribution in [2.75, 3.05) is 6.61 Å². The highest BCUT2D eigenvalue weighted by Crippen LogP contribution is 2.25. The summed E-state index contributed by atoms with van der Waals surface area (Å²) in [4.78, 5) is 22.3. The van der Waals surface area contributed by atoms with Crippen LogP contribution in [0.15, 0.2) is 12.1 Å². The van der Waals surface area contributed by atoms with Gasteiger partial charge in [0.25, 0.3) is 0 Å². The summed E-state index contributed by atoms with van der Waals surface area (Å²) in [7, 11) is 0. The van der Waals surface area contributed by atoms with E-state index in [9.17, 15) is 18.4 Å². The molecule has 0 unspecified atom stereocenters. The molecule has 0 heterocycles. The summed E-state index contributed by atoms with van der Waals surface area (Å²) < 4.78 is 33.3. The SMILES string of the molecule is CCOC(=O)c1cc(C=O)c(C#N)cc1OC(F)F. The first kappa shape index (κ1) is 14.6. The van der Waals surface area contributed by atoms with Crippen molar-refractivity contribution in [3.8, 4) is 11.8 Å². The molecule has 0 aliphatic rings. The van der Waals surface area contributed by atoms with Gasteiger partial charge in [-0.25, -0.2) is 4.79 Å². The van der Waals surface area contributed by atoms with Crippen molar-refractivity contribution in [3.05, 3.63) is 28.8 Å². The number of alkyl halides is 2. The third kappa shape index (κ3) is 3.48. The Labute approximate surface area is 107 Å². The van der Waals surface area contributed by atoms with E-state index in [1.807, 2.05) is 0 Å². The number of halogens is 2. The van der Waals surface area contributed by atoms with Gasteiger partial charge in [0.1, 0.15) is 17.4 Å². The summed E-state index contributed by atoms with van der Waals surface area (Å²) in [5.41, 5.74) is -0.603. The summed E-state index contributed by atoms with van der Waals surface area (Å²) in [5, 5.41) is 8.77. The number of nitriles is 1. The molecule has 0 saturated heterocycles. The molecule has 1 aromatic carbocycles. The van der Waals surface area contributed by atoms with Crippen molar-refractivity contribution < 1.29 is 27.8 Å². The number of benzene rings is 1. The third-order valence-corrected chi connectivity index (χ3v) is 2.11. The van der Waals surface area contributed by atoms with Crippen LogP contribution in [-0.2, 0) is 4.74 Å². The largest absolute Gasteiger partial charge is 0.462 e. The van der Waals surface area contributed by atoms with E-state index in [1.54, 1.807) is 6.07 Å². The Bertz CT molecular complexity index is 537. The topological polar surface area (TPSA) is 76.4 Å². The zero-order valence-electron chi connectivity index (χ0n) is 9.85. The Morgan fingerprint density at radius 3 is 2.68 bits per heavy atom. The molecule has 1 rings (SSSR count). The van der Waals surface area contributed by atoms with Crippen LogP contribution in [0.1, 0.15) is 33.2 Å². The number of rotatable bonds is 5. The molecule has 0 bridgehead atoms. The van der Waals surface area contributed by atoms with Gasteiger partial charge < -0.3 is 9.47 Å². The fraction of sp³-hybridized carbons (Fsp3) is 0.250. The Kier molecular flexibility index (Phi) is 4.94. The molecule has 0 fully saturated rings. The van der Waals surface area contributed by atoms with Gasteiger partial charge in [-0.15, -0.1) is 0 Å². The van der Waals surface area contributed by atoms with Crippen molar-refractivity contribution in [2.24, 2.45) is 0 Å². The lowest BCUT2D eigenvalue weighted by molar-refractivity contribution is -0.0504. The maximum absolute atomic E-state index is 12.2. The molecule has 100 valence electrons. The molecule has 0 radical (unpaired) electrons. The molecule has 0 aliphatic carbocycles. The summed E-state index contributed by atoms with van der Waals surface area (Å²) >= 11 is 0. The van der Waals surface area contributed by atoms with Gasteiger partial charge in [-0.3, -0.25) is 4.79 Å². The quantitative estimate of drug-likeness (QED) is 0.604. The summed E-state index contributed by atoms with van der Waals surface area (Å²) in [5.74, 6) is -1.42. The number of nitrogens with zero attached hydrogens (tertiary/aromatic N) is 1. The monoisotopic (exact) mass is 269 g/mol. The minimum absolute atomic E-state index is 0.0311. The molecule has 0 aliphatic heterocycles. The van der Waals surface area contributed by atoms with Crippen LogP contribution < -0.4 is 4.74 Å². The van der Waals surface area contributed by atoms with E-state index < -0.39 is 18.3 Å². The van der Waals surface area contributed by atoms with Gasteiger partial charge in [-0.05, 0) is 19.1 Å².